The first-order chi connectivity index (χ1) is 9.55. The summed E-state index contributed by atoms with van der Waals surface area (Å²) in [5.41, 5.74) is 4.85. The summed E-state index contributed by atoms with van der Waals surface area (Å²) >= 11 is 6.36. The van der Waals surface area contributed by atoms with Gasteiger partial charge in [-0.25, -0.2) is 0 Å². The molecule has 1 aliphatic rings. The minimum atomic E-state index is -0.00434. The van der Waals surface area contributed by atoms with Crippen molar-refractivity contribution in [2.75, 3.05) is 7.11 Å². The van der Waals surface area contributed by atoms with E-state index in [9.17, 15) is 0 Å². The lowest BCUT2D eigenvalue weighted by molar-refractivity contribution is -0.0835. The second-order valence-electron chi connectivity index (χ2n) is 5.67. The van der Waals surface area contributed by atoms with Gasteiger partial charge in [0, 0.05) is 26.1 Å². The molecule has 2 rings (SSSR count). The highest BCUT2D eigenvalue weighted by Gasteiger charge is 2.39. The molecule has 0 saturated heterocycles. The minimum absolute atomic E-state index is 0.00434. The van der Waals surface area contributed by atoms with Gasteiger partial charge in [-0.1, -0.05) is 11.6 Å². The topological polar surface area (TPSA) is 65.1 Å². The van der Waals surface area contributed by atoms with Crippen molar-refractivity contribution in [1.82, 2.24) is 15.2 Å². The van der Waals surface area contributed by atoms with Crippen molar-refractivity contribution in [1.29, 1.82) is 0 Å². The van der Waals surface area contributed by atoms with E-state index in [-0.39, 0.29) is 11.6 Å². The van der Waals surface area contributed by atoms with Gasteiger partial charge in [-0.05, 0) is 39.5 Å². The fourth-order valence-corrected chi connectivity index (χ4v) is 3.21. The third kappa shape index (κ3) is 3.01. The highest BCUT2D eigenvalue weighted by atomic mass is 35.5. The quantitative estimate of drug-likeness (QED) is 0.598. The van der Waals surface area contributed by atoms with Crippen LogP contribution >= 0.6 is 11.6 Å². The number of nitrogens with one attached hydrogen (secondary N) is 1. The summed E-state index contributed by atoms with van der Waals surface area (Å²) in [4.78, 5) is 0. The van der Waals surface area contributed by atoms with Crippen molar-refractivity contribution in [3.63, 3.8) is 0 Å². The van der Waals surface area contributed by atoms with Crippen LogP contribution < -0.4 is 11.3 Å². The van der Waals surface area contributed by atoms with Gasteiger partial charge in [-0.2, -0.15) is 5.10 Å². The molecule has 1 heterocycles. The zero-order chi connectivity index (χ0) is 14.8. The third-order valence-corrected chi connectivity index (χ3v) is 4.94. The number of hydrogen-bond acceptors (Lipinski definition) is 4. The average Bonchev–Trinajstić information content (AvgIpc) is 2.68. The normalized spacial score (nSPS) is 18.9. The minimum Gasteiger partial charge on any atom is -0.378 e. The van der Waals surface area contributed by atoms with Crippen molar-refractivity contribution < 1.29 is 4.74 Å². The monoisotopic (exact) mass is 300 g/mol. The molecule has 0 radical (unpaired) electrons. The number of nitrogens with zero attached hydrogens (tertiary/aromatic N) is 2. The van der Waals surface area contributed by atoms with Crippen LogP contribution in [0.1, 0.15) is 44.0 Å². The molecule has 114 valence electrons. The number of aryl methyl sites for hydroxylation is 2. The molecule has 1 saturated carbocycles. The summed E-state index contributed by atoms with van der Waals surface area (Å²) in [6, 6.07) is 0.147. The van der Waals surface area contributed by atoms with Gasteiger partial charge in [0.1, 0.15) is 0 Å². The number of nitrogens with two attached hydrogens (primary N) is 1. The summed E-state index contributed by atoms with van der Waals surface area (Å²) in [7, 11) is 1.79. The van der Waals surface area contributed by atoms with Gasteiger partial charge >= 0.3 is 0 Å². The Labute approximate surface area is 125 Å². The summed E-state index contributed by atoms with van der Waals surface area (Å²) < 4.78 is 7.65. The molecule has 1 aromatic rings. The third-order valence-electron chi connectivity index (χ3n) is 4.44. The van der Waals surface area contributed by atoms with Gasteiger partial charge in [0.05, 0.1) is 22.0 Å². The molecule has 1 aromatic heterocycles. The Bertz CT molecular complexity index is 451. The molecule has 1 aliphatic carbocycles. The Morgan fingerprint density at radius 3 is 2.70 bits per heavy atom. The van der Waals surface area contributed by atoms with E-state index < -0.39 is 0 Å². The van der Waals surface area contributed by atoms with Crippen molar-refractivity contribution in [2.45, 2.75) is 64.1 Å². The van der Waals surface area contributed by atoms with Crippen LogP contribution in [0.4, 0.5) is 0 Å². The van der Waals surface area contributed by atoms with Crippen LogP contribution in [-0.2, 0) is 17.7 Å². The fraction of sp³-hybridized carbons (Fsp3) is 0.786. The lowest BCUT2D eigenvalue weighted by Gasteiger charge is -2.42. The number of methoxy groups -OCH3 is 1. The first-order valence-corrected chi connectivity index (χ1v) is 7.66. The molecule has 1 fully saturated rings. The molecular weight excluding hydrogens is 276 g/mol. The maximum atomic E-state index is 6.36. The van der Waals surface area contributed by atoms with Gasteiger partial charge in [0.15, 0.2) is 0 Å². The zero-order valence-corrected chi connectivity index (χ0v) is 13.3. The van der Waals surface area contributed by atoms with Crippen molar-refractivity contribution in [2.24, 2.45) is 5.84 Å². The summed E-state index contributed by atoms with van der Waals surface area (Å²) in [5.74, 6) is 5.73. The number of hydrogen-bond donors (Lipinski definition) is 2. The smallest absolute Gasteiger partial charge is 0.0847 e. The Hall–Kier alpha value is -0.620. The molecule has 1 atom stereocenters. The van der Waals surface area contributed by atoms with Crippen LogP contribution in [0.15, 0.2) is 0 Å². The maximum Gasteiger partial charge on any atom is 0.0847 e. The van der Waals surface area contributed by atoms with Gasteiger partial charge < -0.3 is 4.74 Å². The van der Waals surface area contributed by atoms with Crippen molar-refractivity contribution in [3.05, 3.63) is 16.4 Å². The number of hydrazine groups is 1. The largest absolute Gasteiger partial charge is 0.378 e. The molecular formula is C14H25ClN4O. The fourth-order valence-electron chi connectivity index (χ4n) is 3.00. The second-order valence-corrected chi connectivity index (χ2v) is 6.05. The SMILES string of the molecule is CCn1nc(C)c(Cl)c1CC(CC1(OC)CCC1)NN. The summed E-state index contributed by atoms with van der Waals surface area (Å²) in [6.45, 7) is 4.82. The van der Waals surface area contributed by atoms with Crippen LogP contribution in [0.3, 0.4) is 0 Å². The number of rotatable bonds is 7. The van der Waals surface area contributed by atoms with Crippen LogP contribution in [0.25, 0.3) is 0 Å². The van der Waals surface area contributed by atoms with Gasteiger partial charge in [-0.15, -0.1) is 0 Å². The second kappa shape index (κ2) is 6.43. The van der Waals surface area contributed by atoms with E-state index in [2.05, 4.69) is 17.4 Å². The highest BCUT2D eigenvalue weighted by Crippen LogP contribution is 2.39. The molecule has 20 heavy (non-hydrogen) atoms. The van der Waals surface area contributed by atoms with Gasteiger partial charge in [0.2, 0.25) is 0 Å². The van der Waals surface area contributed by atoms with E-state index in [1.54, 1.807) is 7.11 Å². The summed E-state index contributed by atoms with van der Waals surface area (Å²) in [5, 5.41) is 5.21. The zero-order valence-electron chi connectivity index (χ0n) is 12.6. The van der Waals surface area contributed by atoms with Gasteiger partial charge in [0.25, 0.3) is 0 Å². The maximum absolute atomic E-state index is 6.36. The average molecular weight is 301 g/mol. The molecule has 0 spiro atoms. The standard InChI is InChI=1S/C14H25ClN4O/c1-4-19-12(13(15)10(2)18-19)8-11(17-16)9-14(20-3)6-5-7-14/h11,17H,4-9,16H2,1-3H3. The van der Waals surface area contributed by atoms with Crippen molar-refractivity contribution in [3.8, 4) is 0 Å². The first-order valence-electron chi connectivity index (χ1n) is 7.28. The summed E-state index contributed by atoms with van der Waals surface area (Å²) in [6.07, 6.45) is 5.14. The van der Waals surface area contributed by atoms with E-state index in [1.165, 1.54) is 6.42 Å². The van der Waals surface area contributed by atoms with Crippen LogP contribution in [-0.4, -0.2) is 28.5 Å². The van der Waals surface area contributed by atoms with E-state index in [1.807, 2.05) is 11.6 Å². The van der Waals surface area contributed by atoms with E-state index in [4.69, 9.17) is 22.2 Å². The molecule has 5 nitrogen and oxygen atoms in total. The molecule has 0 aliphatic heterocycles. The molecule has 1 unspecified atom stereocenters. The first kappa shape index (κ1) is 15.8. The Morgan fingerprint density at radius 2 is 2.25 bits per heavy atom. The predicted octanol–water partition coefficient (Wildman–Crippen LogP) is 2.20. The highest BCUT2D eigenvalue weighted by molar-refractivity contribution is 6.31. The van der Waals surface area contributed by atoms with Crippen LogP contribution in [0, 0.1) is 6.92 Å². The Balaban J connectivity index is 2.10. The lowest BCUT2D eigenvalue weighted by Crippen LogP contribution is -2.48. The molecule has 0 bridgehead atoms. The molecule has 3 N–H and O–H groups in total. The van der Waals surface area contributed by atoms with E-state index in [0.717, 1.165) is 48.6 Å². The lowest BCUT2D eigenvalue weighted by atomic mass is 9.75. The van der Waals surface area contributed by atoms with Crippen LogP contribution in [0.5, 0.6) is 0 Å². The van der Waals surface area contributed by atoms with Crippen molar-refractivity contribution >= 4 is 11.6 Å². The number of aromatic nitrogens is 2. The molecule has 0 aromatic carbocycles. The molecule has 6 heteroatoms. The van der Waals surface area contributed by atoms with E-state index >= 15 is 0 Å². The predicted molar refractivity (Wildman–Crippen MR) is 80.7 cm³/mol. The number of ether oxygens (including phenoxy) is 1. The van der Waals surface area contributed by atoms with Crippen LogP contribution in [0.2, 0.25) is 5.02 Å². The van der Waals surface area contributed by atoms with Gasteiger partial charge in [-0.3, -0.25) is 16.0 Å². The number of halogens is 1. The Kier molecular flexibility index (Phi) is 5.07. The van der Waals surface area contributed by atoms with E-state index in [0.29, 0.717) is 0 Å². The Morgan fingerprint density at radius 1 is 1.55 bits per heavy atom. The molecule has 0 amide bonds.